The number of hydrogen-bond acceptors (Lipinski definition) is 3. The van der Waals surface area contributed by atoms with Crippen molar-refractivity contribution in [1.29, 1.82) is 0 Å². The predicted octanol–water partition coefficient (Wildman–Crippen LogP) is 1.19. The van der Waals surface area contributed by atoms with Gasteiger partial charge in [-0.15, -0.1) is 0 Å². The standard InChI is InChI=1S/C6H5I.C2H6O3/c7-6-4-2-1-3-5-6;1-5-2(3)4/h1-5H;2-4H,1H3. The Hall–Kier alpha value is -0.170. The summed E-state index contributed by atoms with van der Waals surface area (Å²) in [5.74, 6) is 0. The lowest BCUT2D eigenvalue weighted by Gasteiger charge is -1.92. The van der Waals surface area contributed by atoms with Crippen LogP contribution >= 0.6 is 22.6 Å². The summed E-state index contributed by atoms with van der Waals surface area (Å²) >= 11 is 2.28. The summed E-state index contributed by atoms with van der Waals surface area (Å²) in [7, 11) is 1.20. The van der Waals surface area contributed by atoms with E-state index < -0.39 is 6.48 Å². The fourth-order valence-electron chi connectivity index (χ4n) is 0.415. The summed E-state index contributed by atoms with van der Waals surface area (Å²) in [4.78, 5) is 0. The van der Waals surface area contributed by atoms with Crippen molar-refractivity contribution >= 4 is 22.6 Å². The highest BCUT2D eigenvalue weighted by atomic mass is 127. The van der Waals surface area contributed by atoms with E-state index in [0.717, 1.165) is 0 Å². The van der Waals surface area contributed by atoms with E-state index in [9.17, 15) is 0 Å². The molecule has 0 aliphatic heterocycles. The zero-order valence-electron chi connectivity index (χ0n) is 6.64. The molecule has 2 N–H and O–H groups in total. The molecule has 0 unspecified atom stereocenters. The summed E-state index contributed by atoms with van der Waals surface area (Å²) in [6, 6.07) is 10.2. The number of hydrogen-bond donors (Lipinski definition) is 2. The lowest BCUT2D eigenvalue weighted by Crippen LogP contribution is -2.04. The quantitative estimate of drug-likeness (QED) is 0.601. The molecule has 0 heterocycles. The van der Waals surface area contributed by atoms with Crippen LogP contribution in [0.4, 0.5) is 0 Å². The first-order chi connectivity index (χ1) is 5.66. The van der Waals surface area contributed by atoms with Crippen molar-refractivity contribution in [1.82, 2.24) is 0 Å². The number of halogens is 1. The topological polar surface area (TPSA) is 49.7 Å². The molecule has 0 saturated carbocycles. The average molecular weight is 282 g/mol. The molecule has 0 aliphatic rings. The number of methoxy groups -OCH3 is 1. The lowest BCUT2D eigenvalue weighted by atomic mass is 10.4. The molecule has 1 aromatic carbocycles. The van der Waals surface area contributed by atoms with E-state index in [0.29, 0.717) is 0 Å². The van der Waals surface area contributed by atoms with Crippen molar-refractivity contribution < 1.29 is 14.9 Å². The second-order valence-corrected chi connectivity index (χ2v) is 3.10. The molecule has 0 aromatic heterocycles. The van der Waals surface area contributed by atoms with Gasteiger partial charge in [0.1, 0.15) is 0 Å². The van der Waals surface area contributed by atoms with Crippen LogP contribution in [0.5, 0.6) is 0 Å². The van der Waals surface area contributed by atoms with Gasteiger partial charge in [0.2, 0.25) is 0 Å². The molecule has 0 amide bonds. The maximum Gasteiger partial charge on any atom is 0.266 e. The molecule has 4 heteroatoms. The third kappa shape index (κ3) is 7.93. The molecule has 0 aliphatic carbocycles. The highest BCUT2D eigenvalue weighted by Gasteiger charge is 1.82. The molecule has 68 valence electrons. The molecule has 3 nitrogen and oxygen atoms in total. The highest BCUT2D eigenvalue weighted by Crippen LogP contribution is 1.99. The largest absolute Gasteiger partial charge is 0.346 e. The van der Waals surface area contributed by atoms with Crippen molar-refractivity contribution in [2.75, 3.05) is 7.11 Å². The van der Waals surface area contributed by atoms with E-state index in [1.165, 1.54) is 10.7 Å². The summed E-state index contributed by atoms with van der Waals surface area (Å²) in [6.45, 7) is -1.62. The van der Waals surface area contributed by atoms with E-state index in [1.807, 2.05) is 18.2 Å². The Balaban J connectivity index is 0.000000217. The monoisotopic (exact) mass is 282 g/mol. The van der Waals surface area contributed by atoms with Crippen LogP contribution in [0.1, 0.15) is 0 Å². The van der Waals surface area contributed by atoms with E-state index in [2.05, 4.69) is 39.5 Å². The van der Waals surface area contributed by atoms with Crippen LogP contribution in [0.2, 0.25) is 0 Å². The fraction of sp³-hybridized carbons (Fsp3) is 0.250. The molecule has 12 heavy (non-hydrogen) atoms. The van der Waals surface area contributed by atoms with Gasteiger partial charge in [0, 0.05) is 10.7 Å². The molecule has 0 atom stereocenters. The number of ether oxygens (including phenoxy) is 1. The van der Waals surface area contributed by atoms with Gasteiger partial charge in [-0.25, -0.2) is 0 Å². The summed E-state index contributed by atoms with van der Waals surface area (Å²) < 4.78 is 5.15. The summed E-state index contributed by atoms with van der Waals surface area (Å²) in [6.07, 6.45) is 0. The van der Waals surface area contributed by atoms with Crippen LogP contribution in [0.15, 0.2) is 30.3 Å². The Labute approximate surface area is 85.1 Å². The summed E-state index contributed by atoms with van der Waals surface area (Å²) in [5.41, 5.74) is 0. The van der Waals surface area contributed by atoms with E-state index in [-0.39, 0.29) is 0 Å². The Morgan fingerprint density at radius 3 is 1.83 bits per heavy atom. The number of rotatable bonds is 1. The third-order valence-electron chi connectivity index (χ3n) is 0.944. The van der Waals surface area contributed by atoms with Gasteiger partial charge >= 0.3 is 0 Å². The van der Waals surface area contributed by atoms with Crippen LogP contribution < -0.4 is 0 Å². The molecule has 0 radical (unpaired) electrons. The minimum Gasteiger partial charge on any atom is -0.346 e. The lowest BCUT2D eigenvalue weighted by molar-refractivity contribution is -0.218. The van der Waals surface area contributed by atoms with Gasteiger partial charge in [-0.3, -0.25) is 0 Å². The van der Waals surface area contributed by atoms with Gasteiger partial charge in [-0.1, -0.05) is 18.2 Å². The normalized spacial score (nSPS) is 9.08. The maximum atomic E-state index is 7.69. The first kappa shape index (κ1) is 11.8. The molecule has 0 saturated heterocycles. The Morgan fingerprint density at radius 1 is 1.25 bits per heavy atom. The zero-order valence-corrected chi connectivity index (χ0v) is 8.80. The van der Waals surface area contributed by atoms with Crippen molar-refractivity contribution in [3.8, 4) is 0 Å². The Morgan fingerprint density at radius 2 is 1.67 bits per heavy atom. The maximum absolute atomic E-state index is 7.69. The second-order valence-electron chi connectivity index (χ2n) is 1.86. The Bertz CT molecular complexity index is 189. The molecule has 1 aromatic rings. The SMILES string of the molecule is COC(O)O.Ic1ccccc1. The van der Waals surface area contributed by atoms with Crippen LogP contribution in [0.25, 0.3) is 0 Å². The molecule has 0 spiro atoms. The van der Waals surface area contributed by atoms with Gasteiger partial charge in [0.15, 0.2) is 0 Å². The minimum atomic E-state index is -1.62. The smallest absolute Gasteiger partial charge is 0.266 e. The number of benzene rings is 1. The second kappa shape index (κ2) is 7.48. The van der Waals surface area contributed by atoms with Gasteiger partial charge in [0.05, 0.1) is 0 Å². The van der Waals surface area contributed by atoms with Crippen LogP contribution in [-0.2, 0) is 4.74 Å². The molecular formula is C8H11IO3. The first-order valence-electron chi connectivity index (χ1n) is 3.26. The van der Waals surface area contributed by atoms with Crippen LogP contribution in [-0.4, -0.2) is 23.8 Å². The summed E-state index contributed by atoms with van der Waals surface area (Å²) in [5, 5.41) is 15.4. The van der Waals surface area contributed by atoms with Crippen molar-refractivity contribution in [3.05, 3.63) is 33.9 Å². The highest BCUT2D eigenvalue weighted by molar-refractivity contribution is 14.1. The van der Waals surface area contributed by atoms with Crippen molar-refractivity contribution in [2.24, 2.45) is 0 Å². The average Bonchev–Trinajstić information content (AvgIpc) is 2.07. The number of aliphatic hydroxyl groups excluding tert-OH is 1. The Kier molecular flexibility index (Phi) is 7.37. The van der Waals surface area contributed by atoms with Crippen LogP contribution in [0.3, 0.4) is 0 Å². The van der Waals surface area contributed by atoms with Gasteiger partial charge in [-0.2, -0.15) is 0 Å². The van der Waals surface area contributed by atoms with Gasteiger partial charge < -0.3 is 14.9 Å². The van der Waals surface area contributed by atoms with Gasteiger partial charge in [0.25, 0.3) is 6.48 Å². The minimum absolute atomic E-state index is 1.20. The van der Waals surface area contributed by atoms with Crippen molar-refractivity contribution in [3.63, 3.8) is 0 Å². The molecular weight excluding hydrogens is 271 g/mol. The third-order valence-corrected chi connectivity index (χ3v) is 1.66. The number of aliphatic hydroxyl groups is 2. The predicted molar refractivity (Wildman–Crippen MR) is 54.4 cm³/mol. The van der Waals surface area contributed by atoms with E-state index in [4.69, 9.17) is 10.2 Å². The fourth-order valence-corrected chi connectivity index (χ4v) is 0.830. The first-order valence-corrected chi connectivity index (χ1v) is 4.34. The van der Waals surface area contributed by atoms with E-state index >= 15 is 0 Å². The van der Waals surface area contributed by atoms with Crippen LogP contribution in [0, 0.1) is 3.57 Å². The molecule has 0 fully saturated rings. The van der Waals surface area contributed by atoms with E-state index in [1.54, 1.807) is 0 Å². The van der Waals surface area contributed by atoms with Crippen molar-refractivity contribution in [2.45, 2.75) is 6.48 Å². The molecule has 0 bridgehead atoms. The zero-order chi connectivity index (χ0) is 9.40. The molecule has 1 rings (SSSR count). The van der Waals surface area contributed by atoms with Gasteiger partial charge in [-0.05, 0) is 34.7 Å².